The van der Waals surface area contributed by atoms with Gasteiger partial charge in [-0.25, -0.2) is 0 Å². The molecule has 0 heterocycles. The monoisotopic (exact) mass is 283 g/mol. The van der Waals surface area contributed by atoms with E-state index in [4.69, 9.17) is 10.5 Å². The Labute approximate surface area is 127 Å². The van der Waals surface area contributed by atoms with Crippen LogP contribution in [0, 0.1) is 6.92 Å². The highest BCUT2D eigenvalue weighted by molar-refractivity contribution is 5.28. The molecule has 0 aliphatic heterocycles. The molecule has 1 atom stereocenters. The summed E-state index contributed by atoms with van der Waals surface area (Å²) in [6.45, 7) is 4.91. The summed E-state index contributed by atoms with van der Waals surface area (Å²) >= 11 is 0. The van der Waals surface area contributed by atoms with Crippen LogP contribution in [0.4, 0.5) is 0 Å². The molecule has 0 aliphatic carbocycles. The Kier molecular flexibility index (Phi) is 5.82. The molecular weight excluding hydrogens is 258 g/mol. The van der Waals surface area contributed by atoms with Crippen molar-refractivity contribution in [2.75, 3.05) is 6.61 Å². The summed E-state index contributed by atoms with van der Waals surface area (Å²) in [6.07, 6.45) is 3.10. The van der Waals surface area contributed by atoms with E-state index in [-0.39, 0.29) is 6.04 Å². The van der Waals surface area contributed by atoms with Crippen LogP contribution in [0.5, 0.6) is 5.75 Å². The lowest BCUT2D eigenvalue weighted by atomic mass is 10.0. The van der Waals surface area contributed by atoms with E-state index in [9.17, 15) is 0 Å². The molecule has 2 aromatic carbocycles. The lowest BCUT2D eigenvalue weighted by Gasteiger charge is -2.14. The molecular formula is C19H25NO. The molecule has 112 valence electrons. The molecule has 0 fully saturated rings. The van der Waals surface area contributed by atoms with Gasteiger partial charge in [0.25, 0.3) is 0 Å². The first kappa shape index (κ1) is 15.6. The van der Waals surface area contributed by atoms with Gasteiger partial charge in [0.1, 0.15) is 5.75 Å². The van der Waals surface area contributed by atoms with Gasteiger partial charge in [-0.3, -0.25) is 0 Å². The molecule has 2 heteroatoms. The standard InChI is InChI=1S/C19H25NO/c1-3-6-16-8-5-9-17(14-16)19(20)11-12-21-18-10-4-7-15(2)13-18/h4-5,7-10,13-14,19H,3,6,11-12,20H2,1-2H3. The summed E-state index contributed by atoms with van der Waals surface area (Å²) in [7, 11) is 0. The SMILES string of the molecule is CCCc1cccc(C(N)CCOc2cccc(C)c2)c1. The Morgan fingerprint density at radius 2 is 1.90 bits per heavy atom. The summed E-state index contributed by atoms with van der Waals surface area (Å²) in [5, 5.41) is 0. The Morgan fingerprint density at radius 3 is 2.67 bits per heavy atom. The van der Waals surface area contributed by atoms with Crippen molar-refractivity contribution < 1.29 is 4.74 Å². The zero-order chi connectivity index (χ0) is 15.1. The molecule has 2 nitrogen and oxygen atoms in total. The minimum absolute atomic E-state index is 0.0339. The van der Waals surface area contributed by atoms with Crippen LogP contribution in [0.2, 0.25) is 0 Å². The van der Waals surface area contributed by atoms with Gasteiger partial charge >= 0.3 is 0 Å². The van der Waals surface area contributed by atoms with Crippen LogP contribution >= 0.6 is 0 Å². The average molecular weight is 283 g/mol. The highest BCUT2D eigenvalue weighted by atomic mass is 16.5. The number of hydrogen-bond acceptors (Lipinski definition) is 2. The summed E-state index contributed by atoms with van der Waals surface area (Å²) in [4.78, 5) is 0. The lowest BCUT2D eigenvalue weighted by Crippen LogP contribution is -2.14. The van der Waals surface area contributed by atoms with Crippen molar-refractivity contribution in [3.8, 4) is 5.75 Å². The first-order chi connectivity index (χ1) is 10.2. The molecule has 1 unspecified atom stereocenters. The van der Waals surface area contributed by atoms with Gasteiger partial charge in [-0.05, 0) is 42.2 Å². The third kappa shape index (κ3) is 4.91. The Bertz CT molecular complexity index is 565. The Morgan fingerprint density at radius 1 is 1.10 bits per heavy atom. The first-order valence-electron chi connectivity index (χ1n) is 7.73. The molecule has 0 amide bonds. The zero-order valence-corrected chi connectivity index (χ0v) is 13.0. The number of aryl methyl sites for hydroxylation is 2. The van der Waals surface area contributed by atoms with E-state index >= 15 is 0 Å². The molecule has 0 bridgehead atoms. The van der Waals surface area contributed by atoms with Crippen molar-refractivity contribution >= 4 is 0 Å². The van der Waals surface area contributed by atoms with E-state index in [1.807, 2.05) is 18.2 Å². The summed E-state index contributed by atoms with van der Waals surface area (Å²) < 4.78 is 5.78. The van der Waals surface area contributed by atoms with Crippen LogP contribution in [0.3, 0.4) is 0 Å². The molecule has 0 radical (unpaired) electrons. The summed E-state index contributed by atoms with van der Waals surface area (Å²) in [5.41, 5.74) is 10.1. The van der Waals surface area contributed by atoms with Crippen molar-refractivity contribution in [2.45, 2.75) is 39.2 Å². The van der Waals surface area contributed by atoms with E-state index in [1.165, 1.54) is 16.7 Å². The molecule has 0 aliphatic rings. The third-order valence-corrected chi connectivity index (χ3v) is 3.60. The predicted molar refractivity (Wildman–Crippen MR) is 88.7 cm³/mol. The van der Waals surface area contributed by atoms with E-state index < -0.39 is 0 Å². The van der Waals surface area contributed by atoms with Gasteiger partial charge in [0, 0.05) is 12.5 Å². The molecule has 0 spiro atoms. The van der Waals surface area contributed by atoms with Crippen LogP contribution < -0.4 is 10.5 Å². The van der Waals surface area contributed by atoms with E-state index in [0.717, 1.165) is 25.0 Å². The van der Waals surface area contributed by atoms with Crippen molar-refractivity contribution in [1.82, 2.24) is 0 Å². The highest BCUT2D eigenvalue weighted by Crippen LogP contribution is 2.18. The maximum absolute atomic E-state index is 6.27. The number of benzene rings is 2. The van der Waals surface area contributed by atoms with Crippen LogP contribution in [-0.4, -0.2) is 6.61 Å². The molecule has 2 N–H and O–H groups in total. The molecule has 21 heavy (non-hydrogen) atoms. The smallest absolute Gasteiger partial charge is 0.119 e. The number of rotatable bonds is 7. The number of nitrogens with two attached hydrogens (primary N) is 1. The van der Waals surface area contributed by atoms with Gasteiger partial charge < -0.3 is 10.5 Å². The fourth-order valence-corrected chi connectivity index (χ4v) is 2.44. The van der Waals surface area contributed by atoms with Gasteiger partial charge in [-0.2, -0.15) is 0 Å². The highest BCUT2D eigenvalue weighted by Gasteiger charge is 2.07. The second kappa shape index (κ2) is 7.84. The predicted octanol–water partition coefficient (Wildman–Crippen LogP) is 4.42. The van der Waals surface area contributed by atoms with Crippen molar-refractivity contribution in [1.29, 1.82) is 0 Å². The van der Waals surface area contributed by atoms with E-state index in [2.05, 4.69) is 44.2 Å². The van der Waals surface area contributed by atoms with Crippen molar-refractivity contribution in [2.24, 2.45) is 5.73 Å². The lowest BCUT2D eigenvalue weighted by molar-refractivity contribution is 0.298. The normalized spacial score (nSPS) is 12.1. The van der Waals surface area contributed by atoms with Crippen LogP contribution in [-0.2, 0) is 6.42 Å². The molecule has 2 aromatic rings. The van der Waals surface area contributed by atoms with Gasteiger partial charge in [-0.1, -0.05) is 49.7 Å². The fourth-order valence-electron chi connectivity index (χ4n) is 2.44. The van der Waals surface area contributed by atoms with Crippen LogP contribution in [0.25, 0.3) is 0 Å². The van der Waals surface area contributed by atoms with Gasteiger partial charge in [0.2, 0.25) is 0 Å². The zero-order valence-electron chi connectivity index (χ0n) is 13.0. The van der Waals surface area contributed by atoms with E-state index in [1.54, 1.807) is 0 Å². The topological polar surface area (TPSA) is 35.2 Å². The Balaban J connectivity index is 1.86. The van der Waals surface area contributed by atoms with Gasteiger partial charge in [-0.15, -0.1) is 0 Å². The van der Waals surface area contributed by atoms with Crippen molar-refractivity contribution in [3.05, 3.63) is 65.2 Å². The Hall–Kier alpha value is -1.80. The molecule has 2 rings (SSSR count). The largest absolute Gasteiger partial charge is 0.494 e. The second-order valence-corrected chi connectivity index (χ2v) is 5.56. The van der Waals surface area contributed by atoms with Crippen LogP contribution in [0.15, 0.2) is 48.5 Å². The third-order valence-electron chi connectivity index (χ3n) is 3.60. The minimum atomic E-state index is 0.0339. The summed E-state index contributed by atoms with van der Waals surface area (Å²) in [6, 6.07) is 16.7. The first-order valence-corrected chi connectivity index (χ1v) is 7.73. The second-order valence-electron chi connectivity index (χ2n) is 5.56. The van der Waals surface area contributed by atoms with Crippen molar-refractivity contribution in [3.63, 3.8) is 0 Å². The van der Waals surface area contributed by atoms with Crippen LogP contribution in [0.1, 0.15) is 42.5 Å². The molecule has 0 saturated carbocycles. The maximum atomic E-state index is 6.27. The fraction of sp³-hybridized carbons (Fsp3) is 0.368. The van der Waals surface area contributed by atoms with Gasteiger partial charge in [0.05, 0.1) is 6.61 Å². The number of ether oxygens (including phenoxy) is 1. The van der Waals surface area contributed by atoms with Gasteiger partial charge in [0.15, 0.2) is 0 Å². The number of hydrogen-bond donors (Lipinski definition) is 1. The maximum Gasteiger partial charge on any atom is 0.119 e. The molecule has 0 saturated heterocycles. The summed E-state index contributed by atoms with van der Waals surface area (Å²) in [5.74, 6) is 0.918. The average Bonchev–Trinajstić information content (AvgIpc) is 2.48. The quantitative estimate of drug-likeness (QED) is 0.816. The molecule has 0 aromatic heterocycles. The minimum Gasteiger partial charge on any atom is -0.494 e. The van der Waals surface area contributed by atoms with E-state index in [0.29, 0.717) is 6.61 Å².